The third-order valence-electron chi connectivity index (χ3n) is 3.56. The standard InChI is InChI=1S/C15H19NO3/c1-4-5-11(17)8-16-14(18)12-9(2)6-7-10(3)13(12)15(16)19/h6-7,11,17H,4-5,8H2,1-3H3. The maximum Gasteiger partial charge on any atom is 0.261 e. The van der Waals surface area contributed by atoms with Crippen molar-refractivity contribution in [2.24, 2.45) is 0 Å². The normalized spacial score (nSPS) is 15.9. The van der Waals surface area contributed by atoms with Gasteiger partial charge in [-0.25, -0.2) is 0 Å². The molecule has 1 aromatic rings. The number of nitrogens with zero attached hydrogens (tertiary/aromatic N) is 1. The number of carbonyl (C=O) groups is 2. The second-order valence-electron chi connectivity index (χ2n) is 5.11. The van der Waals surface area contributed by atoms with Gasteiger partial charge in [0.1, 0.15) is 0 Å². The first-order valence-corrected chi connectivity index (χ1v) is 6.61. The summed E-state index contributed by atoms with van der Waals surface area (Å²) in [6.45, 7) is 5.70. The Bertz CT molecular complexity index is 495. The Hall–Kier alpha value is -1.68. The Morgan fingerprint density at radius 3 is 2.00 bits per heavy atom. The number of amides is 2. The first-order chi connectivity index (χ1) is 8.97. The third-order valence-corrected chi connectivity index (χ3v) is 3.56. The molecule has 1 N–H and O–H groups in total. The predicted molar refractivity (Wildman–Crippen MR) is 72.2 cm³/mol. The quantitative estimate of drug-likeness (QED) is 0.844. The molecule has 0 aliphatic carbocycles. The van der Waals surface area contributed by atoms with Crippen LogP contribution in [0.3, 0.4) is 0 Å². The van der Waals surface area contributed by atoms with Crippen molar-refractivity contribution in [3.05, 3.63) is 34.4 Å². The molecule has 1 aliphatic rings. The van der Waals surface area contributed by atoms with Gasteiger partial charge in [0.05, 0.1) is 23.8 Å². The van der Waals surface area contributed by atoms with Crippen LogP contribution in [0.5, 0.6) is 0 Å². The van der Waals surface area contributed by atoms with Crippen LogP contribution < -0.4 is 0 Å². The van der Waals surface area contributed by atoms with Crippen LogP contribution in [0.25, 0.3) is 0 Å². The molecular formula is C15H19NO3. The first kappa shape index (κ1) is 13.7. The minimum absolute atomic E-state index is 0.0824. The monoisotopic (exact) mass is 261 g/mol. The Kier molecular flexibility index (Phi) is 3.71. The molecule has 0 bridgehead atoms. The summed E-state index contributed by atoms with van der Waals surface area (Å²) in [5.74, 6) is -0.562. The Balaban J connectivity index is 2.34. The average molecular weight is 261 g/mol. The molecule has 1 aliphatic heterocycles. The summed E-state index contributed by atoms with van der Waals surface area (Å²) in [7, 11) is 0. The van der Waals surface area contributed by atoms with Crippen LogP contribution in [-0.2, 0) is 0 Å². The van der Waals surface area contributed by atoms with Gasteiger partial charge < -0.3 is 5.11 Å². The summed E-state index contributed by atoms with van der Waals surface area (Å²) in [6, 6.07) is 3.70. The number of hydrogen-bond donors (Lipinski definition) is 1. The van der Waals surface area contributed by atoms with E-state index in [2.05, 4.69) is 0 Å². The number of aryl methyl sites for hydroxylation is 2. The van der Waals surface area contributed by atoms with Gasteiger partial charge in [-0.3, -0.25) is 14.5 Å². The van der Waals surface area contributed by atoms with Crippen molar-refractivity contribution in [1.29, 1.82) is 0 Å². The van der Waals surface area contributed by atoms with E-state index in [1.54, 1.807) is 0 Å². The van der Waals surface area contributed by atoms with Crippen LogP contribution in [0.15, 0.2) is 12.1 Å². The fraction of sp³-hybridized carbons (Fsp3) is 0.467. The lowest BCUT2D eigenvalue weighted by Gasteiger charge is -2.18. The molecule has 0 radical (unpaired) electrons. The molecule has 4 nitrogen and oxygen atoms in total. The SMILES string of the molecule is CCCC(O)CN1C(=O)c2c(C)ccc(C)c2C1=O. The van der Waals surface area contributed by atoms with Gasteiger partial charge in [-0.15, -0.1) is 0 Å². The molecule has 2 rings (SSSR count). The highest BCUT2D eigenvalue weighted by Gasteiger charge is 2.38. The summed E-state index contributed by atoms with van der Waals surface area (Å²) < 4.78 is 0. The fourth-order valence-electron chi connectivity index (χ4n) is 2.53. The van der Waals surface area contributed by atoms with Crippen molar-refractivity contribution in [3.63, 3.8) is 0 Å². The van der Waals surface area contributed by atoms with Gasteiger partial charge in [-0.05, 0) is 31.4 Å². The largest absolute Gasteiger partial charge is 0.391 e. The van der Waals surface area contributed by atoms with Crippen molar-refractivity contribution in [2.75, 3.05) is 6.54 Å². The summed E-state index contributed by atoms with van der Waals surface area (Å²) >= 11 is 0. The second-order valence-corrected chi connectivity index (χ2v) is 5.11. The van der Waals surface area contributed by atoms with Crippen molar-refractivity contribution in [3.8, 4) is 0 Å². The Labute approximate surface area is 113 Å². The van der Waals surface area contributed by atoms with Crippen molar-refractivity contribution in [2.45, 2.75) is 39.7 Å². The van der Waals surface area contributed by atoms with Gasteiger partial charge in [0.15, 0.2) is 0 Å². The molecule has 0 saturated carbocycles. The van der Waals surface area contributed by atoms with Gasteiger partial charge in [0, 0.05) is 0 Å². The van der Waals surface area contributed by atoms with E-state index in [1.807, 2.05) is 32.9 Å². The fourth-order valence-corrected chi connectivity index (χ4v) is 2.53. The van der Waals surface area contributed by atoms with E-state index in [9.17, 15) is 14.7 Å². The van der Waals surface area contributed by atoms with E-state index >= 15 is 0 Å². The van der Waals surface area contributed by atoms with E-state index in [0.717, 1.165) is 17.5 Å². The molecule has 1 atom stereocenters. The first-order valence-electron chi connectivity index (χ1n) is 6.61. The molecule has 0 saturated heterocycles. The highest BCUT2D eigenvalue weighted by molar-refractivity contribution is 6.22. The molecule has 0 spiro atoms. The molecule has 0 aromatic heterocycles. The Morgan fingerprint density at radius 1 is 1.11 bits per heavy atom. The topological polar surface area (TPSA) is 57.6 Å². The molecule has 102 valence electrons. The lowest BCUT2D eigenvalue weighted by molar-refractivity contribution is 0.0532. The van der Waals surface area contributed by atoms with Crippen LogP contribution in [0.2, 0.25) is 0 Å². The number of hydrogen-bond acceptors (Lipinski definition) is 3. The lowest BCUT2D eigenvalue weighted by atomic mass is 9.99. The summed E-state index contributed by atoms with van der Waals surface area (Å²) in [5, 5.41) is 9.82. The van der Waals surface area contributed by atoms with Gasteiger partial charge >= 0.3 is 0 Å². The summed E-state index contributed by atoms with van der Waals surface area (Å²) in [4.78, 5) is 25.8. The summed E-state index contributed by atoms with van der Waals surface area (Å²) in [6.07, 6.45) is 0.765. The van der Waals surface area contributed by atoms with Gasteiger partial charge in [-0.2, -0.15) is 0 Å². The molecule has 1 unspecified atom stereocenters. The van der Waals surface area contributed by atoms with Gasteiger partial charge in [0.25, 0.3) is 11.8 Å². The molecule has 1 heterocycles. The summed E-state index contributed by atoms with van der Waals surface area (Å²) in [5.41, 5.74) is 2.61. The maximum absolute atomic E-state index is 12.3. The molecule has 19 heavy (non-hydrogen) atoms. The van der Waals surface area contributed by atoms with Crippen LogP contribution in [0.1, 0.15) is 51.6 Å². The zero-order chi connectivity index (χ0) is 14.2. The van der Waals surface area contributed by atoms with E-state index in [-0.39, 0.29) is 18.4 Å². The third kappa shape index (κ3) is 2.28. The van der Waals surface area contributed by atoms with Gasteiger partial charge in [0.2, 0.25) is 0 Å². The number of aliphatic hydroxyl groups is 1. The minimum Gasteiger partial charge on any atom is -0.391 e. The predicted octanol–water partition coefficient (Wildman–Crippen LogP) is 2.06. The zero-order valence-corrected chi connectivity index (χ0v) is 11.6. The number of rotatable bonds is 4. The molecule has 0 fully saturated rings. The number of imide groups is 1. The highest BCUT2D eigenvalue weighted by Crippen LogP contribution is 2.28. The lowest BCUT2D eigenvalue weighted by Crippen LogP contribution is -2.37. The number of β-amino-alcohol motifs (C(OH)–C–C–N with tert-alkyl or cyclic N) is 1. The van der Waals surface area contributed by atoms with E-state index in [4.69, 9.17) is 0 Å². The van der Waals surface area contributed by atoms with E-state index < -0.39 is 6.10 Å². The molecular weight excluding hydrogens is 242 g/mol. The van der Waals surface area contributed by atoms with Crippen molar-refractivity contribution < 1.29 is 14.7 Å². The number of aliphatic hydroxyl groups excluding tert-OH is 1. The number of benzene rings is 1. The van der Waals surface area contributed by atoms with Crippen LogP contribution in [0, 0.1) is 13.8 Å². The van der Waals surface area contributed by atoms with Gasteiger partial charge in [-0.1, -0.05) is 25.5 Å². The minimum atomic E-state index is -0.646. The number of fused-ring (bicyclic) bond motifs is 1. The van der Waals surface area contributed by atoms with E-state index in [1.165, 1.54) is 4.90 Å². The Morgan fingerprint density at radius 2 is 1.58 bits per heavy atom. The smallest absolute Gasteiger partial charge is 0.261 e. The zero-order valence-electron chi connectivity index (χ0n) is 11.6. The van der Waals surface area contributed by atoms with Crippen molar-refractivity contribution >= 4 is 11.8 Å². The molecule has 2 amide bonds. The maximum atomic E-state index is 12.3. The second kappa shape index (κ2) is 5.13. The van der Waals surface area contributed by atoms with Crippen LogP contribution >= 0.6 is 0 Å². The average Bonchev–Trinajstić information content (AvgIpc) is 2.60. The molecule has 4 heteroatoms. The highest BCUT2D eigenvalue weighted by atomic mass is 16.3. The number of carbonyl (C=O) groups excluding carboxylic acids is 2. The van der Waals surface area contributed by atoms with Crippen molar-refractivity contribution in [1.82, 2.24) is 4.90 Å². The molecule has 1 aromatic carbocycles. The van der Waals surface area contributed by atoms with Crippen LogP contribution in [-0.4, -0.2) is 34.5 Å². The van der Waals surface area contributed by atoms with Crippen LogP contribution in [0.4, 0.5) is 0 Å². The van der Waals surface area contributed by atoms with E-state index in [0.29, 0.717) is 17.5 Å².